The largest absolute Gasteiger partial charge is 0.394 e. The van der Waals surface area contributed by atoms with Gasteiger partial charge < -0.3 is 79.5 Å². The molecule has 118 heavy (non-hydrogen) atoms. The number of hydrogen-bond acceptors (Lipinski definition) is 20. The zero-order valence-electron chi connectivity index (χ0n) is 66.6. The van der Waals surface area contributed by atoms with E-state index in [0.29, 0.717) is 76.4 Å². The molecule has 4 heterocycles. The molecule has 0 radical (unpaired) electrons. The summed E-state index contributed by atoms with van der Waals surface area (Å²) in [6.45, 7) is 10.2. The van der Waals surface area contributed by atoms with E-state index in [2.05, 4.69) is 88.7 Å². The molecule has 1 fully saturated rings. The molecule has 622 valence electrons. The van der Waals surface area contributed by atoms with Crippen LogP contribution in [-0.4, -0.2) is 192 Å². The fraction of sp³-hybridized carbons (Fsp3) is 0.376. The molecule has 3 aromatic heterocycles. The number of aliphatic hydroxyl groups is 1. The smallest absolute Gasteiger partial charge is 0.275 e. The number of unbranched alkanes of at least 4 members (excludes halogenated alkanes) is 1. The average Bonchev–Trinajstić information content (AvgIpc) is 1.61. The lowest BCUT2D eigenvalue weighted by Gasteiger charge is -2.31. The quantitative estimate of drug-likeness (QED) is 0.0190. The van der Waals surface area contributed by atoms with Crippen molar-refractivity contribution in [3.63, 3.8) is 0 Å². The number of pyridine rings is 1. The van der Waals surface area contributed by atoms with Crippen LogP contribution in [0.3, 0.4) is 0 Å². The number of amides is 12. The topological polar surface area (TPSA) is 463 Å². The maximum Gasteiger partial charge on any atom is 0.275 e. The molecule has 8 aromatic rings. The van der Waals surface area contributed by atoms with E-state index in [1.165, 1.54) is 73.5 Å². The number of rotatable bonds is 41. The second kappa shape index (κ2) is 44.5. The molecule has 33 heteroatoms. The average molecular weight is 1630 g/mol. The number of carbonyl (C=O) groups is 12. The number of aliphatic hydroxyl groups excluding tert-OH is 1. The van der Waals surface area contributed by atoms with Crippen LogP contribution in [0.4, 0.5) is 11.4 Å². The summed E-state index contributed by atoms with van der Waals surface area (Å²) < 4.78 is 0. The van der Waals surface area contributed by atoms with Crippen LogP contribution >= 0.6 is 11.6 Å². The zero-order chi connectivity index (χ0) is 84.8. The van der Waals surface area contributed by atoms with Crippen LogP contribution < -0.4 is 69.5 Å². The summed E-state index contributed by atoms with van der Waals surface area (Å²) in [5.41, 5.74) is 9.03. The molecule has 0 aliphatic carbocycles. The molecular weight excluding hydrogens is 1530 g/mol. The van der Waals surface area contributed by atoms with Crippen LogP contribution in [-0.2, 0) is 80.0 Å². The summed E-state index contributed by atoms with van der Waals surface area (Å²) in [6, 6.07) is 22.7. The Balaban J connectivity index is 1.02. The van der Waals surface area contributed by atoms with Crippen molar-refractivity contribution < 1.29 is 62.6 Å². The first-order valence-electron chi connectivity index (χ1n) is 39.2. The molecule has 1 saturated heterocycles. The zero-order valence-corrected chi connectivity index (χ0v) is 67.3. The van der Waals surface area contributed by atoms with Crippen LogP contribution in [0.15, 0.2) is 177 Å². The molecule has 1 aliphatic rings. The Morgan fingerprint density at radius 1 is 0.475 bits per heavy atom. The summed E-state index contributed by atoms with van der Waals surface area (Å²) in [5.74, 6) is -9.33. The van der Waals surface area contributed by atoms with Gasteiger partial charge in [-0.2, -0.15) is 0 Å². The van der Waals surface area contributed by atoms with E-state index in [0.717, 1.165) is 10.8 Å². The fourth-order valence-corrected chi connectivity index (χ4v) is 13.5. The van der Waals surface area contributed by atoms with Gasteiger partial charge in [0.25, 0.3) is 11.8 Å². The SMILES string of the molecule is CC(=O)N[C@H](Cc1ccc2ccccc2c1)C(=O)N[C@H](Cc1ccc(Cl)cc1)C(=O)N[C@H](Cc1cccnc1)C(=O)N[C@@H](CO)C(=O)N[C@@H](Cc1ccc(NC(=O)c2cnccn2)cc1)C(=O)N[C@H](Cc1ccc(NC(=O)c2cnccn2)cc1)C(=O)N[C@@H](CC(C)C)C(=O)N[C@@H](CCCCNC(C)C)C(=O)N1CCC[C@H]1C(=O)N[C@H](C)N. The molecule has 0 bridgehead atoms. The van der Waals surface area contributed by atoms with Crippen LogP contribution in [0.2, 0.25) is 5.02 Å². The Kier molecular flexibility index (Phi) is 33.8. The maximum atomic E-state index is 15.6. The van der Waals surface area contributed by atoms with Crippen LogP contribution in [0, 0.1) is 5.92 Å². The van der Waals surface area contributed by atoms with E-state index in [1.54, 1.807) is 79.7 Å². The molecule has 15 N–H and O–H groups in total. The molecule has 10 atom stereocenters. The number of carbonyl (C=O) groups excluding carboxylic acids is 12. The van der Waals surface area contributed by atoms with E-state index in [1.807, 2.05) is 70.2 Å². The van der Waals surface area contributed by atoms with Crippen molar-refractivity contribution in [1.82, 2.24) is 83.0 Å². The van der Waals surface area contributed by atoms with Crippen LogP contribution in [0.25, 0.3) is 10.8 Å². The molecular formula is C85H102ClN19O13. The normalized spacial score (nSPS) is 14.8. The van der Waals surface area contributed by atoms with E-state index in [9.17, 15) is 33.9 Å². The Labute approximate surface area is 688 Å². The van der Waals surface area contributed by atoms with Gasteiger partial charge in [0.15, 0.2) is 0 Å². The lowest BCUT2D eigenvalue weighted by atomic mass is 9.99. The van der Waals surface area contributed by atoms with Gasteiger partial charge in [0.05, 0.1) is 25.2 Å². The van der Waals surface area contributed by atoms with Gasteiger partial charge >= 0.3 is 0 Å². The molecule has 5 aromatic carbocycles. The third-order valence-electron chi connectivity index (χ3n) is 19.3. The number of aromatic nitrogens is 5. The Bertz CT molecular complexity index is 4750. The van der Waals surface area contributed by atoms with Gasteiger partial charge in [-0.3, -0.25) is 72.5 Å². The minimum Gasteiger partial charge on any atom is -0.394 e. The minimum atomic E-state index is -1.88. The van der Waals surface area contributed by atoms with Crippen molar-refractivity contribution in [2.45, 2.75) is 179 Å². The number of halogens is 1. The third-order valence-corrected chi connectivity index (χ3v) is 19.6. The van der Waals surface area contributed by atoms with Gasteiger partial charge in [0.1, 0.15) is 65.8 Å². The number of benzene rings is 5. The molecule has 12 amide bonds. The van der Waals surface area contributed by atoms with Gasteiger partial charge in [-0.15, -0.1) is 0 Å². The lowest BCUT2D eigenvalue weighted by molar-refractivity contribution is -0.142. The molecule has 1 aliphatic heterocycles. The first kappa shape index (κ1) is 89.4. The van der Waals surface area contributed by atoms with Crippen molar-refractivity contribution in [3.05, 3.63) is 221 Å². The lowest BCUT2D eigenvalue weighted by Crippen LogP contribution is -2.62. The van der Waals surface area contributed by atoms with E-state index >= 15 is 28.8 Å². The molecule has 9 rings (SSSR count). The van der Waals surface area contributed by atoms with Gasteiger partial charge in [-0.1, -0.05) is 124 Å². The number of nitrogens with zero attached hydrogens (tertiary/aromatic N) is 6. The second-order valence-corrected chi connectivity index (χ2v) is 30.2. The van der Waals surface area contributed by atoms with E-state index in [4.69, 9.17) is 17.3 Å². The third kappa shape index (κ3) is 27.9. The highest BCUT2D eigenvalue weighted by Crippen LogP contribution is 2.24. The molecule has 0 spiro atoms. The number of fused-ring (bicyclic) bond motifs is 1. The number of anilines is 2. The summed E-state index contributed by atoms with van der Waals surface area (Å²) >= 11 is 6.29. The first-order chi connectivity index (χ1) is 56.6. The van der Waals surface area contributed by atoms with Crippen LogP contribution in [0.1, 0.15) is 129 Å². The van der Waals surface area contributed by atoms with Gasteiger partial charge in [-0.05, 0) is 139 Å². The van der Waals surface area contributed by atoms with Crippen molar-refractivity contribution in [3.8, 4) is 0 Å². The first-order valence-corrected chi connectivity index (χ1v) is 39.6. The van der Waals surface area contributed by atoms with Crippen molar-refractivity contribution in [1.29, 1.82) is 0 Å². The van der Waals surface area contributed by atoms with Gasteiger partial charge in [0, 0.05) is 105 Å². The number of likely N-dealkylation sites (tertiary alicyclic amines) is 1. The highest BCUT2D eigenvalue weighted by atomic mass is 35.5. The number of nitrogens with one attached hydrogen (secondary N) is 12. The van der Waals surface area contributed by atoms with Gasteiger partial charge in [-0.25, -0.2) is 9.97 Å². The highest BCUT2D eigenvalue weighted by Gasteiger charge is 2.40. The Morgan fingerprint density at radius 2 is 0.924 bits per heavy atom. The van der Waals surface area contributed by atoms with Crippen LogP contribution in [0.5, 0.6) is 0 Å². The summed E-state index contributed by atoms with van der Waals surface area (Å²) in [7, 11) is 0. The monoisotopic (exact) mass is 1630 g/mol. The predicted molar refractivity (Wildman–Crippen MR) is 442 cm³/mol. The Hall–Kier alpha value is -12.5. The number of nitrogens with two attached hydrogens (primary N) is 1. The van der Waals surface area contributed by atoms with E-state index < -0.39 is 138 Å². The Morgan fingerprint density at radius 3 is 1.40 bits per heavy atom. The number of hydrogen-bond donors (Lipinski definition) is 14. The van der Waals surface area contributed by atoms with Crippen molar-refractivity contribution >= 4 is 105 Å². The molecule has 0 unspecified atom stereocenters. The van der Waals surface area contributed by atoms with E-state index in [-0.39, 0.29) is 74.8 Å². The summed E-state index contributed by atoms with van der Waals surface area (Å²) in [5, 5.41) is 47.0. The summed E-state index contributed by atoms with van der Waals surface area (Å²) in [4.78, 5) is 195. The van der Waals surface area contributed by atoms with Crippen molar-refractivity contribution in [2.75, 3.05) is 30.3 Å². The predicted octanol–water partition coefficient (Wildman–Crippen LogP) is 4.00. The standard InChI is InChI=1S/C85H102ClN19O13/c1-50(2)39-65(75(108)98-64(16-9-10-33-91-51(3)4)85(118)105-38-12-17-74(105)84(117)94-52(5)87)99-77(110)68(42-55-21-28-62(29-22-55)96-81(114)71-47-89-34-36-92-71)101-79(112)69(43-56-23-30-63(31-24-56)97-82(115)72-48-90-35-37-93-72)103-83(116)73(49-106)104-80(113)70(45-58-13-11-32-88-46-58)102-78(111)67(41-54-19-26-61(86)27-20-54)100-76(109)66(95-53(6)107)44-57-18-25-59-14-7-8-15-60(59)40-57/h7-8,11,13-15,18-32,34-37,40,46-48,50-52,64-70,73-74,91,106H,9-10,12,16-17,33,38-39,41-45,49,87H2,1-6H3,(H,94,117)(H,95,107)(H,96,114)(H,97,115)(H,98,108)(H,99,110)(H,100,109)(H,101,112)(H,102,111)(H,103,116)(H,104,113)/t52-,64+,65+,66-,67-,68-,69+,70-,73+,74+/m1/s1. The molecule has 32 nitrogen and oxygen atoms in total. The second-order valence-electron chi connectivity index (χ2n) is 29.8. The molecule has 0 saturated carbocycles. The van der Waals surface area contributed by atoms with Crippen molar-refractivity contribution in [2.24, 2.45) is 11.7 Å². The maximum absolute atomic E-state index is 15.6. The fourth-order valence-electron chi connectivity index (χ4n) is 13.4. The highest BCUT2D eigenvalue weighted by molar-refractivity contribution is 6.30. The summed E-state index contributed by atoms with van der Waals surface area (Å²) in [6.07, 6.45) is 11.4. The van der Waals surface area contributed by atoms with Gasteiger partial charge in [0.2, 0.25) is 59.1 Å². The minimum absolute atomic E-state index is 0.0127.